The fourth-order valence-electron chi connectivity index (χ4n) is 6.74. The van der Waals surface area contributed by atoms with Crippen molar-refractivity contribution in [1.82, 2.24) is 0 Å². The molecule has 0 spiro atoms. The van der Waals surface area contributed by atoms with Gasteiger partial charge in [-0.2, -0.15) is 0 Å². The molecule has 0 rings (SSSR count). The highest BCUT2D eigenvalue weighted by atomic mass is 16.6. The summed E-state index contributed by atoms with van der Waals surface area (Å²) in [5.41, 5.74) is 0. The maximum absolute atomic E-state index is 12.7. The maximum atomic E-state index is 12.7. The number of carbonyl (C=O) groups excluding carboxylic acids is 2. The van der Waals surface area contributed by atoms with Crippen LogP contribution in [0, 0.1) is 0 Å². The van der Waals surface area contributed by atoms with Gasteiger partial charge in [0.05, 0.1) is 6.61 Å². The molecule has 1 unspecified atom stereocenters. The summed E-state index contributed by atoms with van der Waals surface area (Å²) in [6.45, 7) is 7.67. The van der Waals surface area contributed by atoms with Crippen LogP contribution < -0.4 is 0 Å². The third-order valence-corrected chi connectivity index (χ3v) is 10.3. The predicted molar refractivity (Wildman–Crippen MR) is 242 cm³/mol. The van der Waals surface area contributed by atoms with Crippen molar-refractivity contribution in [3.8, 4) is 0 Å². The minimum absolute atomic E-state index is 0.0764. The van der Waals surface area contributed by atoms with Crippen LogP contribution >= 0.6 is 0 Å². The average molecular weight is 785 g/mol. The SMILES string of the molecule is CC/C=C\C/C=C\C/C=C\CCCCCCCC(=O)OCC(COCCCCCCCC/C=C\CCCC)OC(=O)CCCCCCCCCCCCCCC. The normalized spacial score (nSPS) is 12.6. The number of unbranched alkanes of at least 4 members (excludes halogenated alkanes) is 25. The quantitative estimate of drug-likeness (QED) is 0.0350. The molecule has 0 aliphatic rings. The third-order valence-electron chi connectivity index (χ3n) is 10.3. The lowest BCUT2D eigenvalue weighted by molar-refractivity contribution is -0.163. The minimum atomic E-state index is -0.541. The summed E-state index contributed by atoms with van der Waals surface area (Å²) >= 11 is 0. The topological polar surface area (TPSA) is 61.8 Å². The number of carbonyl (C=O) groups is 2. The number of esters is 2. The molecule has 0 fully saturated rings. The molecule has 1 atom stereocenters. The lowest BCUT2D eigenvalue weighted by Crippen LogP contribution is -2.30. The molecule has 0 aromatic rings. The van der Waals surface area contributed by atoms with Crippen LogP contribution in [0.5, 0.6) is 0 Å². The van der Waals surface area contributed by atoms with Crippen LogP contribution in [0.4, 0.5) is 0 Å². The van der Waals surface area contributed by atoms with Gasteiger partial charge in [0, 0.05) is 19.4 Å². The Morgan fingerprint density at radius 3 is 1.36 bits per heavy atom. The summed E-state index contributed by atoms with van der Waals surface area (Å²) in [5, 5.41) is 0. The van der Waals surface area contributed by atoms with Gasteiger partial charge in [0.2, 0.25) is 0 Å². The van der Waals surface area contributed by atoms with Crippen LogP contribution in [0.25, 0.3) is 0 Å². The Labute approximate surface area is 348 Å². The Morgan fingerprint density at radius 1 is 0.411 bits per heavy atom. The van der Waals surface area contributed by atoms with Crippen LogP contribution in [-0.4, -0.2) is 37.9 Å². The van der Waals surface area contributed by atoms with Gasteiger partial charge in [-0.05, 0) is 70.6 Å². The second kappa shape index (κ2) is 47.2. The van der Waals surface area contributed by atoms with Crippen LogP contribution in [0.2, 0.25) is 0 Å². The smallest absolute Gasteiger partial charge is 0.306 e. The molecule has 56 heavy (non-hydrogen) atoms. The zero-order chi connectivity index (χ0) is 40.7. The molecular weight excluding hydrogens is 693 g/mol. The van der Waals surface area contributed by atoms with Crippen LogP contribution in [0.15, 0.2) is 48.6 Å². The molecule has 5 heteroatoms. The van der Waals surface area contributed by atoms with E-state index in [1.54, 1.807) is 0 Å². The number of rotatable bonds is 44. The molecule has 0 bridgehead atoms. The number of allylic oxidation sites excluding steroid dienone is 8. The molecule has 0 heterocycles. The highest BCUT2D eigenvalue weighted by Gasteiger charge is 2.17. The first kappa shape index (κ1) is 53.9. The van der Waals surface area contributed by atoms with E-state index in [9.17, 15) is 9.59 Å². The molecule has 0 N–H and O–H groups in total. The monoisotopic (exact) mass is 785 g/mol. The summed E-state index contributed by atoms with van der Waals surface area (Å²) in [4.78, 5) is 25.3. The average Bonchev–Trinajstić information content (AvgIpc) is 3.20. The van der Waals surface area contributed by atoms with Gasteiger partial charge in [-0.25, -0.2) is 0 Å². The summed E-state index contributed by atoms with van der Waals surface area (Å²) in [6, 6.07) is 0. The molecule has 0 aromatic carbocycles. The van der Waals surface area contributed by atoms with Crippen molar-refractivity contribution in [2.75, 3.05) is 19.8 Å². The van der Waals surface area contributed by atoms with E-state index in [-0.39, 0.29) is 25.2 Å². The van der Waals surface area contributed by atoms with Gasteiger partial charge in [-0.15, -0.1) is 0 Å². The van der Waals surface area contributed by atoms with E-state index in [0.29, 0.717) is 19.4 Å². The van der Waals surface area contributed by atoms with E-state index in [2.05, 4.69) is 69.4 Å². The lowest BCUT2D eigenvalue weighted by Gasteiger charge is -2.18. The molecule has 0 amide bonds. The largest absolute Gasteiger partial charge is 0.462 e. The summed E-state index contributed by atoms with van der Waals surface area (Å²) in [6.07, 6.45) is 56.8. The molecule has 0 saturated heterocycles. The first-order valence-electron chi connectivity index (χ1n) is 24.2. The zero-order valence-corrected chi connectivity index (χ0v) is 37.4. The number of ether oxygens (including phenoxy) is 3. The molecule has 0 aliphatic heterocycles. The van der Waals surface area contributed by atoms with Crippen LogP contribution in [0.3, 0.4) is 0 Å². The van der Waals surface area contributed by atoms with Crippen molar-refractivity contribution in [2.24, 2.45) is 0 Å². The Bertz CT molecular complexity index is 935. The van der Waals surface area contributed by atoms with Crippen molar-refractivity contribution >= 4 is 11.9 Å². The summed E-state index contributed by atoms with van der Waals surface area (Å²) in [7, 11) is 0. The van der Waals surface area contributed by atoms with E-state index < -0.39 is 6.10 Å². The standard InChI is InChI=1S/C51H92O5/c1-4-7-10-13-16-19-22-25-26-28-29-32-35-38-41-44-50(52)55-48-49(47-54-46-43-40-37-34-31-24-21-18-15-12-9-6-3)56-51(53)45-42-39-36-33-30-27-23-20-17-14-11-8-5-2/h7,10,15-16,18-19,25-26,49H,4-6,8-9,11-14,17,20-24,27-48H2,1-3H3/b10-7-,18-15-,19-16-,26-25-. The molecule has 326 valence electrons. The van der Waals surface area contributed by atoms with Gasteiger partial charge in [0.15, 0.2) is 6.10 Å². The number of hydrogen-bond acceptors (Lipinski definition) is 5. The first-order valence-corrected chi connectivity index (χ1v) is 24.2. The number of hydrogen-bond donors (Lipinski definition) is 0. The van der Waals surface area contributed by atoms with Crippen molar-refractivity contribution in [3.63, 3.8) is 0 Å². The maximum Gasteiger partial charge on any atom is 0.306 e. The van der Waals surface area contributed by atoms with Crippen LogP contribution in [-0.2, 0) is 23.8 Å². The van der Waals surface area contributed by atoms with Gasteiger partial charge in [-0.3, -0.25) is 9.59 Å². The van der Waals surface area contributed by atoms with Gasteiger partial charge in [-0.1, -0.05) is 204 Å². The van der Waals surface area contributed by atoms with Crippen molar-refractivity contribution in [3.05, 3.63) is 48.6 Å². The summed E-state index contributed by atoms with van der Waals surface area (Å²) < 4.78 is 17.3. The van der Waals surface area contributed by atoms with Gasteiger partial charge in [0.1, 0.15) is 6.61 Å². The molecule has 0 saturated carbocycles. The third kappa shape index (κ3) is 44.6. The lowest BCUT2D eigenvalue weighted by atomic mass is 10.0. The molecular formula is C51H92O5. The highest BCUT2D eigenvalue weighted by molar-refractivity contribution is 5.70. The zero-order valence-electron chi connectivity index (χ0n) is 37.4. The van der Waals surface area contributed by atoms with Gasteiger partial charge < -0.3 is 14.2 Å². The fraction of sp³-hybridized carbons (Fsp3) is 0.804. The Hall–Kier alpha value is -2.14. The van der Waals surface area contributed by atoms with E-state index in [4.69, 9.17) is 14.2 Å². The molecule has 0 aliphatic carbocycles. The van der Waals surface area contributed by atoms with E-state index in [1.807, 2.05) is 0 Å². The van der Waals surface area contributed by atoms with E-state index in [1.165, 1.54) is 135 Å². The van der Waals surface area contributed by atoms with Gasteiger partial charge >= 0.3 is 11.9 Å². The van der Waals surface area contributed by atoms with Gasteiger partial charge in [0.25, 0.3) is 0 Å². The Morgan fingerprint density at radius 2 is 0.821 bits per heavy atom. The predicted octanol–water partition coefficient (Wildman–Crippen LogP) is 16.0. The first-order chi connectivity index (χ1) is 27.6. The summed E-state index contributed by atoms with van der Waals surface area (Å²) in [5.74, 6) is -0.413. The van der Waals surface area contributed by atoms with Crippen molar-refractivity contribution < 1.29 is 23.8 Å². The second-order valence-electron chi connectivity index (χ2n) is 16.0. The Kier molecular flexibility index (Phi) is 45.4. The minimum Gasteiger partial charge on any atom is -0.462 e. The highest BCUT2D eigenvalue weighted by Crippen LogP contribution is 2.15. The van der Waals surface area contributed by atoms with Crippen LogP contribution in [0.1, 0.15) is 239 Å². The van der Waals surface area contributed by atoms with Crippen molar-refractivity contribution in [1.29, 1.82) is 0 Å². The van der Waals surface area contributed by atoms with E-state index >= 15 is 0 Å². The molecule has 0 radical (unpaired) electrons. The van der Waals surface area contributed by atoms with Crippen molar-refractivity contribution in [2.45, 2.75) is 245 Å². The fourth-order valence-corrected chi connectivity index (χ4v) is 6.74. The second-order valence-corrected chi connectivity index (χ2v) is 16.0. The Balaban J connectivity index is 4.27. The molecule has 0 aromatic heterocycles. The van der Waals surface area contributed by atoms with E-state index in [0.717, 1.165) is 70.6 Å². The molecule has 5 nitrogen and oxygen atoms in total.